The number of carbonyl (C=O) groups is 2. The van der Waals surface area contributed by atoms with Crippen LogP contribution in [0.3, 0.4) is 0 Å². The molecule has 0 spiro atoms. The molecule has 0 atom stereocenters. The van der Waals surface area contributed by atoms with Gasteiger partial charge in [-0.05, 0) is 6.92 Å². The van der Waals surface area contributed by atoms with E-state index in [0.29, 0.717) is 44.5 Å². The van der Waals surface area contributed by atoms with Gasteiger partial charge in [0.2, 0.25) is 5.91 Å². The first-order valence-electron chi connectivity index (χ1n) is 5.55. The zero-order chi connectivity index (χ0) is 12.0. The third kappa shape index (κ3) is 3.66. The minimum Gasteiger partial charge on any atom is -0.339 e. The van der Waals surface area contributed by atoms with Crippen LogP contribution in [0.5, 0.6) is 0 Å². The number of alkyl halides is 1. The van der Waals surface area contributed by atoms with E-state index in [9.17, 15) is 9.59 Å². The maximum absolute atomic E-state index is 11.6. The quantitative estimate of drug-likeness (QED) is 0.776. The van der Waals surface area contributed by atoms with Crippen LogP contribution in [0.15, 0.2) is 0 Å². The first kappa shape index (κ1) is 13.3. The van der Waals surface area contributed by atoms with Crippen molar-refractivity contribution >= 4 is 27.9 Å². The molecule has 1 aliphatic rings. The van der Waals surface area contributed by atoms with Gasteiger partial charge >= 0.3 is 6.03 Å². The molecular weight excluding hydrogens is 274 g/mol. The lowest BCUT2D eigenvalue weighted by Crippen LogP contribution is -2.53. The molecule has 0 aromatic rings. The second kappa shape index (κ2) is 6.73. The summed E-state index contributed by atoms with van der Waals surface area (Å²) < 4.78 is 0. The Morgan fingerprint density at radius 3 is 2.25 bits per heavy atom. The first-order chi connectivity index (χ1) is 7.69. The molecule has 1 saturated heterocycles. The van der Waals surface area contributed by atoms with Gasteiger partial charge in [-0.2, -0.15) is 0 Å². The highest BCUT2D eigenvalue weighted by molar-refractivity contribution is 9.09. The molecule has 1 heterocycles. The Balaban J connectivity index is 2.33. The molecule has 0 bridgehead atoms. The number of hydrogen-bond acceptors (Lipinski definition) is 2. The van der Waals surface area contributed by atoms with Gasteiger partial charge < -0.3 is 15.1 Å². The second-order valence-corrected chi connectivity index (χ2v) is 4.44. The molecule has 0 radical (unpaired) electrons. The minimum atomic E-state index is -0.0323. The number of nitrogens with zero attached hydrogens (tertiary/aromatic N) is 2. The van der Waals surface area contributed by atoms with Crippen LogP contribution < -0.4 is 5.32 Å². The van der Waals surface area contributed by atoms with Gasteiger partial charge in [-0.3, -0.25) is 4.79 Å². The van der Waals surface area contributed by atoms with E-state index >= 15 is 0 Å². The van der Waals surface area contributed by atoms with Gasteiger partial charge in [0.25, 0.3) is 0 Å². The highest BCUT2D eigenvalue weighted by Crippen LogP contribution is 2.04. The maximum atomic E-state index is 11.6. The van der Waals surface area contributed by atoms with Gasteiger partial charge in [-0.25, -0.2) is 4.79 Å². The molecule has 0 aliphatic carbocycles. The second-order valence-electron chi connectivity index (χ2n) is 3.64. The van der Waals surface area contributed by atoms with Crippen molar-refractivity contribution in [3.63, 3.8) is 0 Å². The van der Waals surface area contributed by atoms with Crippen LogP contribution in [-0.2, 0) is 4.79 Å². The highest BCUT2D eigenvalue weighted by atomic mass is 79.9. The van der Waals surface area contributed by atoms with Crippen molar-refractivity contribution in [3.05, 3.63) is 0 Å². The van der Waals surface area contributed by atoms with Crippen molar-refractivity contribution in [2.45, 2.75) is 13.3 Å². The van der Waals surface area contributed by atoms with Crippen LogP contribution in [0.1, 0.15) is 13.3 Å². The summed E-state index contributed by atoms with van der Waals surface area (Å²) in [6.45, 7) is 5.07. The average molecular weight is 292 g/mol. The fraction of sp³-hybridized carbons (Fsp3) is 0.800. The maximum Gasteiger partial charge on any atom is 0.317 e. The largest absolute Gasteiger partial charge is 0.339 e. The van der Waals surface area contributed by atoms with E-state index in [-0.39, 0.29) is 11.9 Å². The number of urea groups is 1. The predicted octanol–water partition coefficient (Wildman–Crippen LogP) is 0.645. The van der Waals surface area contributed by atoms with Gasteiger partial charge in [0.05, 0.1) is 0 Å². The Labute approximate surface area is 104 Å². The SMILES string of the molecule is CCNC(=O)N1CCN(C(=O)CCBr)CC1. The Morgan fingerprint density at radius 1 is 1.19 bits per heavy atom. The summed E-state index contributed by atoms with van der Waals surface area (Å²) in [5.41, 5.74) is 0. The van der Waals surface area contributed by atoms with E-state index in [0.717, 1.165) is 0 Å². The van der Waals surface area contributed by atoms with Crippen LogP contribution in [0.25, 0.3) is 0 Å². The molecule has 0 aromatic carbocycles. The Kier molecular flexibility index (Phi) is 5.59. The van der Waals surface area contributed by atoms with Crippen molar-refractivity contribution in [1.82, 2.24) is 15.1 Å². The van der Waals surface area contributed by atoms with Crippen LogP contribution in [-0.4, -0.2) is 59.8 Å². The predicted molar refractivity (Wildman–Crippen MR) is 65.6 cm³/mol. The van der Waals surface area contributed by atoms with Gasteiger partial charge in [0.1, 0.15) is 0 Å². The number of piperazine rings is 1. The molecule has 5 nitrogen and oxygen atoms in total. The first-order valence-corrected chi connectivity index (χ1v) is 6.67. The highest BCUT2D eigenvalue weighted by Gasteiger charge is 2.22. The Hall–Kier alpha value is -0.780. The monoisotopic (exact) mass is 291 g/mol. The molecule has 16 heavy (non-hydrogen) atoms. The van der Waals surface area contributed by atoms with Gasteiger partial charge in [0.15, 0.2) is 0 Å². The number of halogens is 1. The van der Waals surface area contributed by atoms with E-state index in [1.165, 1.54) is 0 Å². The van der Waals surface area contributed by atoms with Gasteiger partial charge in [-0.15, -0.1) is 0 Å². The zero-order valence-electron chi connectivity index (χ0n) is 9.54. The average Bonchev–Trinajstić information content (AvgIpc) is 2.30. The molecule has 6 heteroatoms. The minimum absolute atomic E-state index is 0.0323. The third-order valence-electron chi connectivity index (χ3n) is 2.56. The standard InChI is InChI=1S/C10H18BrN3O2/c1-2-12-10(16)14-7-5-13(6-8-14)9(15)3-4-11/h2-8H2,1H3,(H,12,16). The number of carbonyl (C=O) groups excluding carboxylic acids is 2. The molecule has 1 rings (SSSR count). The molecule has 3 amide bonds. The molecule has 1 aliphatic heterocycles. The van der Waals surface area contributed by atoms with E-state index in [1.807, 2.05) is 11.8 Å². The van der Waals surface area contributed by atoms with Crippen molar-refractivity contribution in [3.8, 4) is 0 Å². The van der Waals surface area contributed by atoms with Crippen molar-refractivity contribution in [2.75, 3.05) is 38.1 Å². The van der Waals surface area contributed by atoms with Gasteiger partial charge in [-0.1, -0.05) is 15.9 Å². The Morgan fingerprint density at radius 2 is 1.75 bits per heavy atom. The molecule has 1 fully saturated rings. The fourth-order valence-electron chi connectivity index (χ4n) is 1.66. The molecule has 0 aromatic heterocycles. The van der Waals surface area contributed by atoms with Crippen LogP contribution in [0.2, 0.25) is 0 Å². The summed E-state index contributed by atoms with van der Waals surface area (Å²) in [6, 6.07) is -0.0323. The van der Waals surface area contributed by atoms with Crippen molar-refractivity contribution < 1.29 is 9.59 Å². The van der Waals surface area contributed by atoms with Crippen LogP contribution in [0, 0.1) is 0 Å². The fourth-order valence-corrected chi connectivity index (χ4v) is 2.00. The number of nitrogens with one attached hydrogen (secondary N) is 1. The van der Waals surface area contributed by atoms with E-state index < -0.39 is 0 Å². The van der Waals surface area contributed by atoms with Crippen molar-refractivity contribution in [2.24, 2.45) is 0 Å². The summed E-state index contributed by atoms with van der Waals surface area (Å²) in [5, 5.41) is 3.46. The third-order valence-corrected chi connectivity index (χ3v) is 2.95. The summed E-state index contributed by atoms with van der Waals surface area (Å²) in [7, 11) is 0. The number of amides is 3. The lowest BCUT2D eigenvalue weighted by Gasteiger charge is -2.34. The Bertz CT molecular complexity index is 226. The normalized spacial score (nSPS) is 16.1. The summed E-state index contributed by atoms with van der Waals surface area (Å²) in [6.07, 6.45) is 0.529. The van der Waals surface area contributed by atoms with Crippen LogP contribution in [0.4, 0.5) is 4.79 Å². The number of rotatable bonds is 3. The molecule has 1 N–H and O–H groups in total. The topological polar surface area (TPSA) is 52.7 Å². The number of hydrogen-bond donors (Lipinski definition) is 1. The lowest BCUT2D eigenvalue weighted by molar-refractivity contribution is -0.132. The molecule has 0 saturated carbocycles. The van der Waals surface area contributed by atoms with Crippen molar-refractivity contribution in [1.29, 1.82) is 0 Å². The van der Waals surface area contributed by atoms with E-state index in [4.69, 9.17) is 0 Å². The summed E-state index contributed by atoms with van der Waals surface area (Å²) in [5.74, 6) is 0.160. The zero-order valence-corrected chi connectivity index (χ0v) is 11.1. The van der Waals surface area contributed by atoms with E-state index in [2.05, 4.69) is 21.2 Å². The van der Waals surface area contributed by atoms with E-state index in [1.54, 1.807) is 4.90 Å². The molecular formula is C10H18BrN3O2. The lowest BCUT2D eigenvalue weighted by atomic mass is 10.3. The van der Waals surface area contributed by atoms with Gasteiger partial charge in [0, 0.05) is 44.5 Å². The summed E-state index contributed by atoms with van der Waals surface area (Å²) in [4.78, 5) is 26.6. The molecule has 0 unspecified atom stereocenters. The summed E-state index contributed by atoms with van der Waals surface area (Å²) >= 11 is 3.25. The molecule has 92 valence electrons. The van der Waals surface area contributed by atoms with Crippen LogP contribution >= 0.6 is 15.9 Å². The smallest absolute Gasteiger partial charge is 0.317 e.